The number of carbonyl (C=O) groups is 1. The van der Waals surface area contributed by atoms with Crippen molar-refractivity contribution in [2.24, 2.45) is 0 Å². The Morgan fingerprint density at radius 1 is 1.26 bits per heavy atom. The fourth-order valence-corrected chi connectivity index (χ4v) is 3.06. The largest absolute Gasteiger partial charge is 0.457 e. The van der Waals surface area contributed by atoms with Crippen molar-refractivity contribution in [1.82, 2.24) is 4.57 Å². The number of aryl methyl sites for hydroxylation is 1. The lowest BCUT2D eigenvalue weighted by Gasteiger charge is -2.08. The molecule has 0 saturated carbocycles. The first-order chi connectivity index (χ1) is 12.9. The molecule has 4 nitrogen and oxygen atoms in total. The summed E-state index contributed by atoms with van der Waals surface area (Å²) in [5.41, 5.74) is 5.23. The number of nitrogens with zero attached hydrogens (tertiary/aromatic N) is 2. The summed E-state index contributed by atoms with van der Waals surface area (Å²) < 4.78 is 7.54. The van der Waals surface area contributed by atoms with E-state index in [-0.39, 0.29) is 12.2 Å². The Morgan fingerprint density at radius 2 is 1.93 bits per heavy atom. The molecule has 0 radical (unpaired) electrons. The van der Waals surface area contributed by atoms with Crippen LogP contribution in [0.5, 0.6) is 0 Å². The van der Waals surface area contributed by atoms with Gasteiger partial charge in [-0.05, 0) is 55.0 Å². The number of esters is 1. The van der Waals surface area contributed by atoms with E-state index >= 15 is 0 Å². The fraction of sp³-hybridized carbons (Fsp3) is 0.391. The van der Waals surface area contributed by atoms with Gasteiger partial charge in [-0.3, -0.25) is 0 Å². The summed E-state index contributed by atoms with van der Waals surface area (Å²) in [6.07, 6.45) is 2.65. The minimum Gasteiger partial charge on any atom is -0.457 e. The topological polar surface area (TPSA) is 55.0 Å². The number of hydrogen-bond acceptors (Lipinski definition) is 3. The van der Waals surface area contributed by atoms with E-state index in [9.17, 15) is 10.1 Å². The molecule has 0 aliphatic heterocycles. The van der Waals surface area contributed by atoms with Gasteiger partial charge in [-0.2, -0.15) is 5.26 Å². The second-order valence-electron chi connectivity index (χ2n) is 7.12. The van der Waals surface area contributed by atoms with Crippen molar-refractivity contribution < 1.29 is 9.53 Å². The van der Waals surface area contributed by atoms with Crippen molar-refractivity contribution >= 4 is 12.0 Å². The molecule has 0 unspecified atom stereocenters. The van der Waals surface area contributed by atoms with E-state index in [1.807, 2.05) is 50.2 Å². The summed E-state index contributed by atoms with van der Waals surface area (Å²) in [6, 6.07) is 12.0. The average Bonchev–Trinajstić information content (AvgIpc) is 2.92. The molecule has 0 aliphatic carbocycles. The van der Waals surface area contributed by atoms with E-state index in [1.165, 1.54) is 5.56 Å². The molecule has 142 valence electrons. The molecule has 1 aromatic carbocycles. The highest BCUT2D eigenvalue weighted by molar-refractivity contribution is 5.98. The summed E-state index contributed by atoms with van der Waals surface area (Å²) >= 11 is 0. The van der Waals surface area contributed by atoms with Crippen LogP contribution in [-0.2, 0) is 22.7 Å². The Labute approximate surface area is 162 Å². The SMILES string of the molecule is CCCn1c(C)cc(/C=C(\C#N)C(=O)OCc2ccc(C(C)C)cc2)c1C. The zero-order chi connectivity index (χ0) is 20.0. The maximum atomic E-state index is 12.3. The van der Waals surface area contributed by atoms with Crippen molar-refractivity contribution in [1.29, 1.82) is 5.26 Å². The van der Waals surface area contributed by atoms with Crippen LogP contribution in [0.1, 0.15) is 61.2 Å². The third-order valence-electron chi connectivity index (χ3n) is 4.72. The van der Waals surface area contributed by atoms with Crippen LogP contribution >= 0.6 is 0 Å². The molecule has 0 saturated heterocycles. The normalized spacial score (nSPS) is 11.5. The monoisotopic (exact) mass is 364 g/mol. The molecular weight excluding hydrogens is 336 g/mol. The van der Waals surface area contributed by atoms with Crippen LogP contribution in [0.3, 0.4) is 0 Å². The van der Waals surface area contributed by atoms with Crippen LogP contribution in [-0.4, -0.2) is 10.5 Å². The maximum Gasteiger partial charge on any atom is 0.349 e. The van der Waals surface area contributed by atoms with Crippen LogP contribution < -0.4 is 0 Å². The molecule has 0 aliphatic rings. The first-order valence-electron chi connectivity index (χ1n) is 9.41. The van der Waals surface area contributed by atoms with Gasteiger partial charge in [-0.25, -0.2) is 4.79 Å². The van der Waals surface area contributed by atoms with Crippen LogP contribution in [0.15, 0.2) is 35.9 Å². The maximum absolute atomic E-state index is 12.3. The Bertz CT molecular complexity index is 865. The van der Waals surface area contributed by atoms with Gasteiger partial charge in [0.05, 0.1) is 0 Å². The number of carbonyl (C=O) groups excluding carboxylic acids is 1. The summed E-state index contributed by atoms with van der Waals surface area (Å²) in [5, 5.41) is 9.40. The second kappa shape index (κ2) is 9.23. The Balaban J connectivity index is 2.11. The van der Waals surface area contributed by atoms with Gasteiger partial charge in [0.1, 0.15) is 18.2 Å². The molecule has 0 bridgehead atoms. The number of hydrogen-bond donors (Lipinski definition) is 0. The highest BCUT2D eigenvalue weighted by atomic mass is 16.5. The van der Waals surface area contributed by atoms with Gasteiger partial charge in [0.25, 0.3) is 0 Å². The number of benzene rings is 1. The molecule has 0 spiro atoms. The molecule has 2 aromatic rings. The highest BCUT2D eigenvalue weighted by Gasteiger charge is 2.14. The molecule has 2 rings (SSSR count). The van der Waals surface area contributed by atoms with Gasteiger partial charge >= 0.3 is 5.97 Å². The van der Waals surface area contributed by atoms with Crippen LogP contribution in [0.4, 0.5) is 0 Å². The number of rotatable bonds is 7. The summed E-state index contributed by atoms with van der Waals surface area (Å²) in [6.45, 7) is 11.5. The van der Waals surface area contributed by atoms with E-state index < -0.39 is 5.97 Å². The van der Waals surface area contributed by atoms with Crippen LogP contribution in [0.25, 0.3) is 6.08 Å². The Hall–Kier alpha value is -2.80. The zero-order valence-electron chi connectivity index (χ0n) is 16.9. The van der Waals surface area contributed by atoms with Crippen LogP contribution in [0.2, 0.25) is 0 Å². The van der Waals surface area contributed by atoms with Crippen molar-refractivity contribution in [3.63, 3.8) is 0 Å². The van der Waals surface area contributed by atoms with Crippen LogP contribution in [0, 0.1) is 25.2 Å². The quantitative estimate of drug-likeness (QED) is 0.381. The third kappa shape index (κ3) is 5.10. The van der Waals surface area contributed by atoms with Gasteiger partial charge in [-0.15, -0.1) is 0 Å². The van der Waals surface area contributed by atoms with E-state index in [0.29, 0.717) is 5.92 Å². The van der Waals surface area contributed by atoms with Gasteiger partial charge < -0.3 is 9.30 Å². The first kappa shape index (κ1) is 20.5. The number of nitriles is 1. The lowest BCUT2D eigenvalue weighted by molar-refractivity contribution is -0.139. The molecule has 0 atom stereocenters. The van der Waals surface area contributed by atoms with E-state index in [0.717, 1.165) is 35.5 Å². The minimum atomic E-state index is -0.592. The molecular formula is C23H28N2O2. The smallest absolute Gasteiger partial charge is 0.349 e. The first-order valence-corrected chi connectivity index (χ1v) is 9.41. The third-order valence-corrected chi connectivity index (χ3v) is 4.72. The van der Waals surface area contributed by atoms with Gasteiger partial charge in [0, 0.05) is 17.9 Å². The lowest BCUT2D eigenvalue weighted by Crippen LogP contribution is -2.07. The van der Waals surface area contributed by atoms with E-state index in [1.54, 1.807) is 6.08 Å². The molecule has 1 heterocycles. The van der Waals surface area contributed by atoms with Gasteiger partial charge in [-0.1, -0.05) is 45.0 Å². The molecule has 0 amide bonds. The Morgan fingerprint density at radius 3 is 2.48 bits per heavy atom. The van der Waals surface area contributed by atoms with Crippen molar-refractivity contribution in [3.05, 3.63) is 64.0 Å². The highest BCUT2D eigenvalue weighted by Crippen LogP contribution is 2.20. The van der Waals surface area contributed by atoms with E-state index in [2.05, 4.69) is 25.3 Å². The summed E-state index contributed by atoms with van der Waals surface area (Å²) in [4.78, 5) is 12.3. The summed E-state index contributed by atoms with van der Waals surface area (Å²) in [5.74, 6) is -0.132. The number of aromatic nitrogens is 1. The fourth-order valence-electron chi connectivity index (χ4n) is 3.06. The van der Waals surface area contributed by atoms with Crippen molar-refractivity contribution in [2.75, 3.05) is 0 Å². The van der Waals surface area contributed by atoms with E-state index in [4.69, 9.17) is 4.74 Å². The standard InChI is InChI=1S/C23H28N2O2/c1-6-11-25-17(4)12-21(18(25)5)13-22(14-24)23(26)27-15-19-7-9-20(10-8-19)16(2)3/h7-10,12-13,16H,6,11,15H2,1-5H3/b22-13+. The molecule has 1 aromatic heterocycles. The van der Waals surface area contributed by atoms with Gasteiger partial charge in [0.2, 0.25) is 0 Å². The Kier molecular flexibility index (Phi) is 7.01. The molecule has 0 fully saturated rings. The minimum absolute atomic E-state index is 0.0190. The number of ether oxygens (including phenoxy) is 1. The predicted molar refractivity (Wildman–Crippen MR) is 108 cm³/mol. The van der Waals surface area contributed by atoms with Crippen molar-refractivity contribution in [2.45, 2.75) is 60.1 Å². The average molecular weight is 364 g/mol. The zero-order valence-corrected chi connectivity index (χ0v) is 16.9. The van der Waals surface area contributed by atoms with Crippen molar-refractivity contribution in [3.8, 4) is 6.07 Å². The predicted octanol–water partition coefficient (Wildman–Crippen LogP) is 5.29. The second-order valence-corrected chi connectivity index (χ2v) is 7.12. The lowest BCUT2D eigenvalue weighted by atomic mass is 10.0. The molecule has 4 heteroatoms. The molecule has 27 heavy (non-hydrogen) atoms. The van der Waals surface area contributed by atoms with Gasteiger partial charge in [0.15, 0.2) is 0 Å². The summed E-state index contributed by atoms with van der Waals surface area (Å²) in [7, 11) is 0. The molecule has 0 N–H and O–H groups in total.